The van der Waals surface area contributed by atoms with Crippen LogP contribution in [0.4, 0.5) is 0 Å². The lowest BCUT2D eigenvalue weighted by atomic mass is 10.2. The predicted molar refractivity (Wildman–Crippen MR) is 53.8 cm³/mol. The Labute approximate surface area is 76.8 Å². The molecule has 2 aromatic rings. The molecule has 0 aliphatic rings. The van der Waals surface area contributed by atoms with Crippen molar-refractivity contribution in [2.24, 2.45) is 0 Å². The van der Waals surface area contributed by atoms with Gasteiger partial charge in [0.05, 0.1) is 0 Å². The van der Waals surface area contributed by atoms with Gasteiger partial charge < -0.3 is 4.42 Å². The number of rotatable bonds is 0. The third kappa shape index (κ3) is 2.18. The van der Waals surface area contributed by atoms with E-state index in [1.165, 1.54) is 6.07 Å². The first-order valence-electron chi connectivity index (χ1n) is 4.35. The van der Waals surface area contributed by atoms with Gasteiger partial charge in [-0.05, 0) is 12.1 Å². The van der Waals surface area contributed by atoms with Gasteiger partial charge in [0.15, 0.2) is 0 Å². The predicted octanol–water partition coefficient (Wildman–Crippen LogP) is 2.82. The van der Waals surface area contributed by atoms with Crippen LogP contribution in [-0.4, -0.2) is 0 Å². The molecule has 0 aliphatic heterocycles. The average molecular weight is 176 g/mol. The summed E-state index contributed by atoms with van der Waals surface area (Å²) in [4.78, 5) is 10.7. The van der Waals surface area contributed by atoms with Crippen LogP contribution in [0.2, 0.25) is 0 Å². The molecule has 0 amide bonds. The minimum atomic E-state index is -0.302. The van der Waals surface area contributed by atoms with E-state index in [2.05, 4.69) is 0 Å². The number of benzene rings is 1. The molecule has 0 spiro atoms. The van der Waals surface area contributed by atoms with E-state index in [1.807, 2.05) is 32.0 Å². The molecule has 0 saturated carbocycles. The Balaban J connectivity index is 0.000000396. The van der Waals surface area contributed by atoms with Gasteiger partial charge in [-0.2, -0.15) is 0 Å². The summed E-state index contributed by atoms with van der Waals surface area (Å²) in [6.45, 7) is 4.00. The summed E-state index contributed by atoms with van der Waals surface area (Å²) < 4.78 is 4.91. The molecule has 0 unspecified atom stereocenters. The van der Waals surface area contributed by atoms with E-state index < -0.39 is 0 Å². The highest BCUT2D eigenvalue weighted by Gasteiger charge is 1.92. The summed E-state index contributed by atoms with van der Waals surface area (Å²) in [7, 11) is 0. The second-order valence-electron chi connectivity index (χ2n) is 2.29. The maximum absolute atomic E-state index is 10.7. The largest absolute Gasteiger partial charge is 0.423 e. The lowest BCUT2D eigenvalue weighted by Crippen LogP contribution is -1.93. The Morgan fingerprint density at radius 2 is 1.69 bits per heavy atom. The van der Waals surface area contributed by atoms with E-state index in [9.17, 15) is 4.79 Å². The minimum absolute atomic E-state index is 0.302. The van der Waals surface area contributed by atoms with Crippen LogP contribution in [0.15, 0.2) is 45.6 Å². The zero-order valence-corrected chi connectivity index (χ0v) is 7.78. The highest BCUT2D eigenvalue weighted by atomic mass is 16.4. The fraction of sp³-hybridized carbons (Fsp3) is 0.182. The van der Waals surface area contributed by atoms with Crippen molar-refractivity contribution in [3.63, 3.8) is 0 Å². The standard InChI is InChI=1S/C9H6O2.C2H6/c10-9-6-5-7-3-1-2-4-8(7)11-9;1-2/h1-6H;1-2H3. The van der Waals surface area contributed by atoms with Crippen molar-refractivity contribution < 1.29 is 4.42 Å². The van der Waals surface area contributed by atoms with Gasteiger partial charge in [0, 0.05) is 11.5 Å². The van der Waals surface area contributed by atoms with Crippen molar-refractivity contribution in [3.8, 4) is 0 Å². The Hall–Kier alpha value is -1.57. The fourth-order valence-corrected chi connectivity index (χ4v) is 1.01. The van der Waals surface area contributed by atoms with Crippen LogP contribution in [0.3, 0.4) is 0 Å². The minimum Gasteiger partial charge on any atom is -0.423 e. The molecule has 0 aliphatic carbocycles. The summed E-state index contributed by atoms with van der Waals surface area (Å²) in [5.41, 5.74) is 0.337. The van der Waals surface area contributed by atoms with Crippen LogP contribution < -0.4 is 5.63 Å². The summed E-state index contributed by atoms with van der Waals surface area (Å²) in [5, 5.41) is 0.951. The molecule has 0 saturated heterocycles. The van der Waals surface area contributed by atoms with Crippen molar-refractivity contribution in [1.82, 2.24) is 0 Å². The summed E-state index contributed by atoms with van der Waals surface area (Å²) in [6.07, 6.45) is 0. The maximum atomic E-state index is 10.7. The summed E-state index contributed by atoms with van der Waals surface area (Å²) in [6, 6.07) is 10.6. The average Bonchev–Trinajstić information content (AvgIpc) is 2.21. The maximum Gasteiger partial charge on any atom is 0.336 e. The van der Waals surface area contributed by atoms with Crippen molar-refractivity contribution in [3.05, 3.63) is 46.8 Å². The van der Waals surface area contributed by atoms with Gasteiger partial charge >= 0.3 is 5.63 Å². The second-order valence-corrected chi connectivity index (χ2v) is 2.29. The Kier molecular flexibility index (Phi) is 3.26. The first-order valence-corrected chi connectivity index (χ1v) is 4.35. The molecule has 2 rings (SSSR count). The molecule has 2 heteroatoms. The molecule has 1 aromatic carbocycles. The molecule has 0 radical (unpaired) electrons. The van der Waals surface area contributed by atoms with Gasteiger partial charge in [-0.25, -0.2) is 4.79 Å². The number of hydrogen-bond acceptors (Lipinski definition) is 2. The van der Waals surface area contributed by atoms with Gasteiger partial charge in [-0.3, -0.25) is 0 Å². The lowest BCUT2D eigenvalue weighted by molar-refractivity contribution is 0.561. The Morgan fingerprint density at radius 3 is 2.46 bits per heavy atom. The fourth-order valence-electron chi connectivity index (χ4n) is 1.01. The molecule has 0 fully saturated rings. The van der Waals surface area contributed by atoms with Crippen LogP contribution >= 0.6 is 0 Å². The Morgan fingerprint density at radius 1 is 1.00 bits per heavy atom. The number of hydrogen-bond donors (Lipinski definition) is 0. The zero-order valence-electron chi connectivity index (χ0n) is 7.78. The first-order chi connectivity index (χ1) is 6.36. The van der Waals surface area contributed by atoms with Crippen LogP contribution in [0.1, 0.15) is 13.8 Å². The number of para-hydroxylation sites is 1. The van der Waals surface area contributed by atoms with E-state index in [-0.39, 0.29) is 5.63 Å². The van der Waals surface area contributed by atoms with E-state index >= 15 is 0 Å². The summed E-state index contributed by atoms with van der Waals surface area (Å²) in [5.74, 6) is 0. The topological polar surface area (TPSA) is 30.2 Å². The normalized spacial score (nSPS) is 9.08. The molecule has 68 valence electrons. The van der Waals surface area contributed by atoms with E-state index in [0.717, 1.165) is 5.39 Å². The van der Waals surface area contributed by atoms with Crippen LogP contribution in [0.25, 0.3) is 11.0 Å². The highest BCUT2D eigenvalue weighted by Crippen LogP contribution is 2.08. The first kappa shape index (κ1) is 9.52. The molecule has 0 bridgehead atoms. The van der Waals surface area contributed by atoms with Crippen LogP contribution in [0, 0.1) is 0 Å². The van der Waals surface area contributed by atoms with Crippen molar-refractivity contribution >= 4 is 11.0 Å². The summed E-state index contributed by atoms with van der Waals surface area (Å²) >= 11 is 0. The van der Waals surface area contributed by atoms with E-state index in [0.29, 0.717) is 5.58 Å². The van der Waals surface area contributed by atoms with Gasteiger partial charge in [0.25, 0.3) is 0 Å². The van der Waals surface area contributed by atoms with Crippen molar-refractivity contribution in [1.29, 1.82) is 0 Å². The van der Waals surface area contributed by atoms with E-state index in [4.69, 9.17) is 4.42 Å². The molecule has 13 heavy (non-hydrogen) atoms. The van der Waals surface area contributed by atoms with Gasteiger partial charge in [0.1, 0.15) is 5.58 Å². The molecular weight excluding hydrogens is 164 g/mol. The van der Waals surface area contributed by atoms with E-state index in [1.54, 1.807) is 12.1 Å². The Bertz CT molecular complexity index is 429. The molecule has 0 atom stereocenters. The zero-order chi connectivity index (χ0) is 9.68. The monoisotopic (exact) mass is 176 g/mol. The smallest absolute Gasteiger partial charge is 0.336 e. The lowest BCUT2D eigenvalue weighted by Gasteiger charge is -1.91. The van der Waals surface area contributed by atoms with Crippen LogP contribution in [-0.2, 0) is 0 Å². The van der Waals surface area contributed by atoms with Gasteiger partial charge in [-0.1, -0.05) is 32.0 Å². The van der Waals surface area contributed by atoms with Crippen molar-refractivity contribution in [2.75, 3.05) is 0 Å². The van der Waals surface area contributed by atoms with Crippen molar-refractivity contribution in [2.45, 2.75) is 13.8 Å². The molecule has 1 aromatic heterocycles. The quantitative estimate of drug-likeness (QED) is 0.578. The van der Waals surface area contributed by atoms with Crippen LogP contribution in [0.5, 0.6) is 0 Å². The molecule has 0 N–H and O–H groups in total. The molecular formula is C11H12O2. The third-order valence-electron chi connectivity index (χ3n) is 1.53. The van der Waals surface area contributed by atoms with Gasteiger partial charge in [0.2, 0.25) is 0 Å². The number of fused-ring (bicyclic) bond motifs is 1. The highest BCUT2D eigenvalue weighted by molar-refractivity contribution is 5.75. The molecule has 1 heterocycles. The SMILES string of the molecule is CC.O=c1ccc2ccccc2o1. The molecule has 2 nitrogen and oxygen atoms in total. The van der Waals surface area contributed by atoms with Gasteiger partial charge in [-0.15, -0.1) is 0 Å². The third-order valence-corrected chi connectivity index (χ3v) is 1.53. The second kappa shape index (κ2) is 4.45.